The third kappa shape index (κ3) is 4.32. The lowest BCUT2D eigenvalue weighted by Gasteiger charge is -2.41. The summed E-state index contributed by atoms with van der Waals surface area (Å²) < 4.78 is 1.99. The Morgan fingerprint density at radius 3 is 2.33 bits per heavy atom. The number of piperazine rings is 1. The Bertz CT molecular complexity index is 743. The van der Waals surface area contributed by atoms with Crippen LogP contribution in [0.1, 0.15) is 63.2 Å². The molecule has 6 nitrogen and oxygen atoms in total. The average molecular weight is 371 g/mol. The van der Waals surface area contributed by atoms with Gasteiger partial charge in [-0.25, -0.2) is 4.68 Å². The van der Waals surface area contributed by atoms with E-state index >= 15 is 0 Å². The fourth-order valence-electron chi connectivity index (χ4n) is 4.00. The molecule has 0 amide bonds. The molecule has 2 heterocycles. The number of anilines is 1. The first-order valence-corrected chi connectivity index (χ1v) is 10.2. The van der Waals surface area contributed by atoms with Crippen LogP contribution >= 0.6 is 0 Å². The number of aryl methyl sites for hydroxylation is 1. The van der Waals surface area contributed by atoms with Gasteiger partial charge in [-0.05, 0) is 67.7 Å². The van der Waals surface area contributed by atoms with E-state index in [9.17, 15) is 0 Å². The van der Waals surface area contributed by atoms with E-state index in [1.54, 1.807) is 0 Å². The fraction of sp³-hybridized carbons (Fsp3) is 0.667. The molecule has 0 saturated carbocycles. The molecule has 1 saturated heterocycles. The van der Waals surface area contributed by atoms with Gasteiger partial charge in [0.15, 0.2) is 5.82 Å². The van der Waals surface area contributed by atoms with Gasteiger partial charge in [0.1, 0.15) is 0 Å². The Kier molecular flexibility index (Phi) is 6.15. The minimum atomic E-state index is 0.279. The maximum atomic E-state index is 4.42. The van der Waals surface area contributed by atoms with Crippen LogP contribution in [-0.4, -0.2) is 51.3 Å². The molecule has 148 valence electrons. The zero-order valence-electron chi connectivity index (χ0n) is 17.7. The van der Waals surface area contributed by atoms with E-state index in [1.807, 2.05) is 4.68 Å². The molecule has 0 bridgehead atoms. The highest BCUT2D eigenvalue weighted by Gasteiger charge is 2.30. The second-order valence-electron chi connectivity index (χ2n) is 8.46. The first-order chi connectivity index (χ1) is 12.9. The normalized spacial score (nSPS) is 17.1. The standard InChI is InChI=1S/C21H34N6/c1-15(2)14-20(21-22-23-24-27(21)16(3)4)26-12-10-25(11-13-26)19-9-7-8-17(5)18(19)6/h7-9,15-16,20H,10-14H2,1-6H3. The molecule has 0 radical (unpaired) electrons. The number of nitrogens with zero attached hydrogens (tertiary/aromatic N) is 6. The third-order valence-electron chi connectivity index (χ3n) is 5.67. The van der Waals surface area contributed by atoms with Crippen molar-refractivity contribution in [2.75, 3.05) is 31.1 Å². The predicted octanol–water partition coefficient (Wildman–Crippen LogP) is 3.78. The molecule has 2 aromatic rings. The number of tetrazole rings is 1. The molecule has 1 aliphatic rings. The van der Waals surface area contributed by atoms with E-state index in [2.05, 4.69) is 85.1 Å². The van der Waals surface area contributed by atoms with Crippen molar-refractivity contribution < 1.29 is 0 Å². The van der Waals surface area contributed by atoms with Gasteiger partial charge in [0.05, 0.1) is 12.1 Å². The van der Waals surface area contributed by atoms with E-state index in [4.69, 9.17) is 0 Å². The first-order valence-electron chi connectivity index (χ1n) is 10.2. The summed E-state index contributed by atoms with van der Waals surface area (Å²) in [7, 11) is 0. The number of rotatable bonds is 6. The van der Waals surface area contributed by atoms with Crippen LogP contribution in [0.5, 0.6) is 0 Å². The maximum absolute atomic E-state index is 4.42. The molecular weight excluding hydrogens is 336 g/mol. The number of hydrogen-bond acceptors (Lipinski definition) is 5. The summed E-state index contributed by atoms with van der Waals surface area (Å²) in [5, 5.41) is 12.6. The van der Waals surface area contributed by atoms with Crippen molar-refractivity contribution >= 4 is 5.69 Å². The van der Waals surface area contributed by atoms with Crippen LogP contribution < -0.4 is 4.90 Å². The molecule has 1 fully saturated rings. The summed E-state index contributed by atoms with van der Waals surface area (Å²) in [5.74, 6) is 1.61. The lowest BCUT2D eigenvalue weighted by molar-refractivity contribution is 0.151. The minimum Gasteiger partial charge on any atom is -0.369 e. The summed E-state index contributed by atoms with van der Waals surface area (Å²) in [4.78, 5) is 5.10. The molecule has 0 N–H and O–H groups in total. The molecule has 0 spiro atoms. The van der Waals surface area contributed by atoms with Gasteiger partial charge < -0.3 is 4.90 Å². The summed E-state index contributed by atoms with van der Waals surface area (Å²) in [5.41, 5.74) is 4.14. The van der Waals surface area contributed by atoms with Crippen LogP contribution in [0.3, 0.4) is 0 Å². The highest BCUT2D eigenvalue weighted by atomic mass is 15.6. The molecule has 0 aliphatic carbocycles. The van der Waals surface area contributed by atoms with Crippen LogP contribution in [0.15, 0.2) is 18.2 Å². The molecule has 1 aromatic heterocycles. The lowest BCUT2D eigenvalue weighted by Crippen LogP contribution is -2.48. The second-order valence-corrected chi connectivity index (χ2v) is 8.46. The van der Waals surface area contributed by atoms with Gasteiger partial charge in [0, 0.05) is 31.9 Å². The largest absolute Gasteiger partial charge is 0.369 e. The van der Waals surface area contributed by atoms with Crippen LogP contribution in [0.4, 0.5) is 5.69 Å². The third-order valence-corrected chi connectivity index (χ3v) is 5.67. The summed E-state index contributed by atoms with van der Waals surface area (Å²) >= 11 is 0. The fourth-order valence-corrected chi connectivity index (χ4v) is 4.00. The van der Waals surface area contributed by atoms with Gasteiger partial charge in [-0.3, -0.25) is 4.90 Å². The molecule has 6 heteroatoms. The second kappa shape index (κ2) is 8.38. The van der Waals surface area contributed by atoms with Gasteiger partial charge in [-0.2, -0.15) is 0 Å². The van der Waals surface area contributed by atoms with Crippen LogP contribution in [-0.2, 0) is 0 Å². The molecule has 3 rings (SSSR count). The van der Waals surface area contributed by atoms with Crippen LogP contribution in [0, 0.1) is 19.8 Å². The minimum absolute atomic E-state index is 0.279. The highest BCUT2D eigenvalue weighted by molar-refractivity contribution is 5.56. The quantitative estimate of drug-likeness (QED) is 0.774. The highest BCUT2D eigenvalue weighted by Crippen LogP contribution is 2.30. The van der Waals surface area contributed by atoms with E-state index in [0.717, 1.165) is 38.4 Å². The Labute approximate surface area is 163 Å². The molecule has 27 heavy (non-hydrogen) atoms. The topological polar surface area (TPSA) is 50.1 Å². The predicted molar refractivity (Wildman–Crippen MR) is 110 cm³/mol. The van der Waals surface area contributed by atoms with E-state index in [0.29, 0.717) is 5.92 Å². The van der Waals surface area contributed by atoms with Gasteiger partial charge in [-0.15, -0.1) is 5.10 Å². The SMILES string of the molecule is Cc1cccc(N2CCN(C(CC(C)C)c3nnnn3C(C)C)CC2)c1C. The zero-order chi connectivity index (χ0) is 19.6. The van der Waals surface area contributed by atoms with Crippen molar-refractivity contribution in [2.45, 2.75) is 60.0 Å². The monoisotopic (exact) mass is 370 g/mol. The number of benzene rings is 1. The van der Waals surface area contributed by atoms with Crippen molar-refractivity contribution in [1.29, 1.82) is 0 Å². The lowest BCUT2D eigenvalue weighted by atomic mass is 10.00. The Hall–Kier alpha value is -1.95. The summed E-state index contributed by atoms with van der Waals surface area (Å²) in [6, 6.07) is 7.18. The maximum Gasteiger partial charge on any atom is 0.168 e. The van der Waals surface area contributed by atoms with Gasteiger partial charge in [0.25, 0.3) is 0 Å². The Balaban J connectivity index is 1.76. The smallest absolute Gasteiger partial charge is 0.168 e. The summed E-state index contributed by atoms with van der Waals surface area (Å²) in [6.07, 6.45) is 1.08. The zero-order valence-corrected chi connectivity index (χ0v) is 17.7. The van der Waals surface area contributed by atoms with Gasteiger partial charge in [-0.1, -0.05) is 26.0 Å². The molecule has 1 aliphatic heterocycles. The van der Waals surface area contributed by atoms with Crippen LogP contribution in [0.25, 0.3) is 0 Å². The van der Waals surface area contributed by atoms with E-state index in [1.165, 1.54) is 16.8 Å². The molecule has 1 atom stereocenters. The van der Waals surface area contributed by atoms with Gasteiger partial charge in [0.2, 0.25) is 0 Å². The average Bonchev–Trinajstić information content (AvgIpc) is 3.12. The molecule has 1 unspecified atom stereocenters. The Morgan fingerprint density at radius 1 is 1.00 bits per heavy atom. The molecular formula is C21H34N6. The van der Waals surface area contributed by atoms with Crippen molar-refractivity contribution in [1.82, 2.24) is 25.1 Å². The van der Waals surface area contributed by atoms with Crippen molar-refractivity contribution in [3.05, 3.63) is 35.2 Å². The van der Waals surface area contributed by atoms with E-state index in [-0.39, 0.29) is 12.1 Å². The first kappa shape index (κ1) is 19.8. The number of hydrogen-bond donors (Lipinski definition) is 0. The number of aromatic nitrogens is 4. The van der Waals surface area contributed by atoms with Crippen LogP contribution in [0.2, 0.25) is 0 Å². The Morgan fingerprint density at radius 2 is 1.70 bits per heavy atom. The molecule has 1 aromatic carbocycles. The van der Waals surface area contributed by atoms with Gasteiger partial charge >= 0.3 is 0 Å². The van der Waals surface area contributed by atoms with Crippen molar-refractivity contribution in [3.63, 3.8) is 0 Å². The van der Waals surface area contributed by atoms with E-state index < -0.39 is 0 Å². The van der Waals surface area contributed by atoms with Crippen molar-refractivity contribution in [3.8, 4) is 0 Å². The summed E-state index contributed by atoms with van der Waals surface area (Å²) in [6.45, 7) is 17.4. The van der Waals surface area contributed by atoms with Crippen molar-refractivity contribution in [2.24, 2.45) is 5.92 Å².